The fourth-order valence-electron chi connectivity index (χ4n) is 1.94. The number of carbonyl (C=O) groups is 2. The van der Waals surface area contributed by atoms with Gasteiger partial charge in [-0.05, 0) is 36.8 Å². The molecule has 1 atom stereocenters. The lowest BCUT2D eigenvalue weighted by atomic mass is 10.0. The van der Waals surface area contributed by atoms with Gasteiger partial charge in [-0.15, -0.1) is 0 Å². The van der Waals surface area contributed by atoms with Crippen molar-refractivity contribution in [2.75, 3.05) is 12.4 Å². The zero-order valence-electron chi connectivity index (χ0n) is 12.3. The van der Waals surface area contributed by atoms with Crippen molar-refractivity contribution >= 4 is 17.6 Å². The maximum absolute atomic E-state index is 12.1. The van der Waals surface area contributed by atoms with Gasteiger partial charge < -0.3 is 19.6 Å². The highest BCUT2D eigenvalue weighted by molar-refractivity contribution is 6.02. The number of hydrogen-bond donors (Lipinski definition) is 2. The van der Waals surface area contributed by atoms with E-state index in [1.807, 2.05) is 0 Å². The number of benzene rings is 1. The van der Waals surface area contributed by atoms with Crippen LogP contribution in [0.25, 0.3) is 0 Å². The third-order valence-corrected chi connectivity index (χ3v) is 3.19. The Morgan fingerprint density at radius 3 is 2.77 bits per heavy atom. The lowest BCUT2D eigenvalue weighted by molar-refractivity contribution is -0.138. The van der Waals surface area contributed by atoms with E-state index in [1.54, 1.807) is 43.3 Å². The van der Waals surface area contributed by atoms with Crippen LogP contribution in [0.1, 0.15) is 34.7 Å². The fraction of sp³-hybridized carbons (Fsp3) is 0.250. The fourth-order valence-corrected chi connectivity index (χ4v) is 1.94. The monoisotopic (exact) mass is 303 g/mol. The van der Waals surface area contributed by atoms with Crippen LogP contribution in [0.3, 0.4) is 0 Å². The summed E-state index contributed by atoms with van der Waals surface area (Å²) in [6, 6.07) is 9.96. The summed E-state index contributed by atoms with van der Waals surface area (Å²) in [6.07, 6.45) is 0. The van der Waals surface area contributed by atoms with Crippen LogP contribution in [0.15, 0.2) is 40.8 Å². The van der Waals surface area contributed by atoms with Gasteiger partial charge in [-0.2, -0.15) is 0 Å². The first kappa shape index (κ1) is 15.8. The van der Waals surface area contributed by atoms with Gasteiger partial charge in [-0.25, -0.2) is 0 Å². The summed E-state index contributed by atoms with van der Waals surface area (Å²) >= 11 is 0. The lowest BCUT2D eigenvalue weighted by Crippen LogP contribution is -2.12. The van der Waals surface area contributed by atoms with Crippen LogP contribution < -0.4 is 5.32 Å². The largest absolute Gasteiger partial charge is 0.481 e. The van der Waals surface area contributed by atoms with E-state index in [2.05, 4.69) is 5.32 Å². The molecule has 0 aliphatic rings. The maximum Gasteiger partial charge on any atom is 0.310 e. The molecule has 0 saturated carbocycles. The number of anilines is 1. The molecular formula is C16H17NO5. The molecule has 6 heteroatoms. The number of ether oxygens (including phenoxy) is 1. The minimum atomic E-state index is -0.918. The first-order valence-electron chi connectivity index (χ1n) is 6.73. The first-order chi connectivity index (χ1) is 10.5. The van der Waals surface area contributed by atoms with Crippen molar-refractivity contribution in [1.82, 2.24) is 0 Å². The summed E-state index contributed by atoms with van der Waals surface area (Å²) in [4.78, 5) is 23.1. The standard InChI is InChI=1S/C16H17NO5/c1-10(16(19)20)11-4-3-5-12(8-11)17-15(18)14-7-6-13(22-14)9-21-2/h3-8,10H,9H2,1-2H3,(H,17,18)(H,19,20). The average Bonchev–Trinajstić information content (AvgIpc) is 2.96. The van der Waals surface area contributed by atoms with Crippen LogP contribution >= 0.6 is 0 Å². The van der Waals surface area contributed by atoms with E-state index < -0.39 is 17.8 Å². The van der Waals surface area contributed by atoms with E-state index in [9.17, 15) is 9.59 Å². The van der Waals surface area contributed by atoms with E-state index in [0.29, 0.717) is 23.6 Å². The molecule has 0 aliphatic heterocycles. The van der Waals surface area contributed by atoms with Crippen molar-refractivity contribution < 1.29 is 23.8 Å². The van der Waals surface area contributed by atoms with Crippen molar-refractivity contribution in [2.24, 2.45) is 0 Å². The third-order valence-electron chi connectivity index (χ3n) is 3.19. The van der Waals surface area contributed by atoms with Crippen molar-refractivity contribution in [2.45, 2.75) is 19.4 Å². The molecule has 0 aliphatic carbocycles. The van der Waals surface area contributed by atoms with Crippen LogP contribution in [0.4, 0.5) is 5.69 Å². The molecule has 0 radical (unpaired) electrons. The molecule has 0 saturated heterocycles. The summed E-state index contributed by atoms with van der Waals surface area (Å²) in [6.45, 7) is 1.88. The predicted octanol–water partition coefficient (Wildman–Crippen LogP) is 2.87. The van der Waals surface area contributed by atoms with Crippen LogP contribution in [0.5, 0.6) is 0 Å². The molecule has 22 heavy (non-hydrogen) atoms. The van der Waals surface area contributed by atoms with Gasteiger partial charge in [0.2, 0.25) is 0 Å². The van der Waals surface area contributed by atoms with Crippen molar-refractivity contribution in [3.05, 3.63) is 53.5 Å². The van der Waals surface area contributed by atoms with Crippen molar-refractivity contribution in [3.63, 3.8) is 0 Å². The highest BCUT2D eigenvalue weighted by Gasteiger charge is 2.15. The number of rotatable bonds is 6. The highest BCUT2D eigenvalue weighted by Crippen LogP contribution is 2.20. The van der Waals surface area contributed by atoms with Gasteiger partial charge in [0.05, 0.1) is 5.92 Å². The summed E-state index contributed by atoms with van der Waals surface area (Å²) < 4.78 is 10.3. The summed E-state index contributed by atoms with van der Waals surface area (Å²) in [5.74, 6) is -1.24. The van der Waals surface area contributed by atoms with Crippen LogP contribution in [0.2, 0.25) is 0 Å². The first-order valence-corrected chi connectivity index (χ1v) is 6.73. The molecule has 2 N–H and O–H groups in total. The molecule has 0 spiro atoms. The van der Waals surface area contributed by atoms with Crippen LogP contribution in [-0.2, 0) is 16.1 Å². The zero-order valence-corrected chi connectivity index (χ0v) is 12.3. The minimum absolute atomic E-state index is 0.170. The molecule has 1 amide bonds. The zero-order chi connectivity index (χ0) is 16.1. The van der Waals surface area contributed by atoms with E-state index >= 15 is 0 Å². The van der Waals surface area contributed by atoms with Gasteiger partial charge in [-0.3, -0.25) is 9.59 Å². The molecule has 1 heterocycles. The van der Waals surface area contributed by atoms with Gasteiger partial charge in [0.25, 0.3) is 5.91 Å². The minimum Gasteiger partial charge on any atom is -0.481 e. The molecular weight excluding hydrogens is 286 g/mol. The van der Waals surface area contributed by atoms with E-state index in [4.69, 9.17) is 14.3 Å². The van der Waals surface area contributed by atoms with Crippen molar-refractivity contribution in [1.29, 1.82) is 0 Å². The summed E-state index contributed by atoms with van der Waals surface area (Å²) in [5, 5.41) is 11.7. The lowest BCUT2D eigenvalue weighted by Gasteiger charge is -2.09. The number of amides is 1. The Labute approximate surface area is 127 Å². The number of nitrogens with one attached hydrogen (secondary N) is 1. The second-order valence-corrected chi connectivity index (χ2v) is 4.84. The Balaban J connectivity index is 2.11. The molecule has 0 bridgehead atoms. The smallest absolute Gasteiger partial charge is 0.310 e. The molecule has 2 aromatic rings. The number of hydrogen-bond acceptors (Lipinski definition) is 4. The number of aliphatic carboxylic acids is 1. The maximum atomic E-state index is 12.1. The van der Waals surface area contributed by atoms with Crippen LogP contribution in [-0.4, -0.2) is 24.1 Å². The second kappa shape index (κ2) is 6.91. The molecule has 1 unspecified atom stereocenters. The molecule has 2 rings (SSSR count). The highest BCUT2D eigenvalue weighted by atomic mass is 16.5. The summed E-state index contributed by atoms with van der Waals surface area (Å²) in [5.41, 5.74) is 1.13. The quantitative estimate of drug-likeness (QED) is 0.856. The van der Waals surface area contributed by atoms with E-state index in [0.717, 1.165) is 0 Å². The molecule has 1 aromatic carbocycles. The summed E-state index contributed by atoms with van der Waals surface area (Å²) in [7, 11) is 1.54. The Bertz CT molecular complexity index is 677. The number of furan rings is 1. The second-order valence-electron chi connectivity index (χ2n) is 4.84. The van der Waals surface area contributed by atoms with Gasteiger partial charge in [-0.1, -0.05) is 12.1 Å². The third kappa shape index (κ3) is 3.73. The Kier molecular flexibility index (Phi) is 4.95. The normalized spacial score (nSPS) is 11.9. The van der Waals surface area contributed by atoms with E-state index in [1.165, 1.54) is 7.11 Å². The molecule has 0 fully saturated rings. The number of carbonyl (C=O) groups excluding carboxylic acids is 1. The Morgan fingerprint density at radius 2 is 2.09 bits per heavy atom. The van der Waals surface area contributed by atoms with Gasteiger partial charge in [0, 0.05) is 12.8 Å². The van der Waals surface area contributed by atoms with Gasteiger partial charge >= 0.3 is 5.97 Å². The SMILES string of the molecule is COCc1ccc(C(=O)Nc2cccc(C(C)C(=O)O)c2)o1. The van der Waals surface area contributed by atoms with Gasteiger partial charge in [0.15, 0.2) is 5.76 Å². The molecule has 116 valence electrons. The Morgan fingerprint density at radius 1 is 1.32 bits per heavy atom. The topological polar surface area (TPSA) is 88.8 Å². The number of carboxylic acid groups (broad SMARTS) is 1. The average molecular weight is 303 g/mol. The van der Waals surface area contributed by atoms with Gasteiger partial charge in [0.1, 0.15) is 12.4 Å². The predicted molar refractivity (Wildman–Crippen MR) is 79.9 cm³/mol. The van der Waals surface area contributed by atoms with Crippen LogP contribution in [0, 0.1) is 0 Å². The number of methoxy groups -OCH3 is 1. The molecule has 1 aromatic heterocycles. The Hall–Kier alpha value is -2.60. The molecule has 6 nitrogen and oxygen atoms in total. The number of carboxylic acids is 1. The van der Waals surface area contributed by atoms with E-state index in [-0.39, 0.29) is 5.76 Å². The van der Waals surface area contributed by atoms with Crippen molar-refractivity contribution in [3.8, 4) is 0 Å².